The molecule has 0 unspecified atom stereocenters. The highest BCUT2D eigenvalue weighted by atomic mass is 32.1. The van der Waals surface area contributed by atoms with Crippen molar-refractivity contribution >= 4 is 34.6 Å². The highest BCUT2D eigenvalue weighted by Crippen LogP contribution is 2.24. The largest absolute Gasteiger partial charge is 0.484 e. The molecule has 152 valence electrons. The number of aryl methyl sites for hydroxylation is 1. The molecule has 2 heterocycles. The minimum absolute atomic E-state index is 0.0764. The topological polar surface area (TPSA) is 82.2 Å². The van der Waals surface area contributed by atoms with E-state index < -0.39 is 0 Å². The molecule has 0 fully saturated rings. The van der Waals surface area contributed by atoms with Gasteiger partial charge < -0.3 is 14.5 Å². The second kappa shape index (κ2) is 9.02. The Morgan fingerprint density at radius 3 is 2.87 bits per heavy atom. The Morgan fingerprint density at radius 2 is 2.07 bits per heavy atom. The lowest BCUT2D eigenvalue weighted by Crippen LogP contribution is -2.19. The molecule has 0 saturated heterocycles. The third kappa shape index (κ3) is 5.00. The monoisotopic (exact) mass is 438 g/mol. The number of hydrogen-bond acceptors (Lipinski definition) is 7. The van der Waals surface area contributed by atoms with E-state index in [0.717, 1.165) is 16.8 Å². The number of anilines is 1. The predicted molar refractivity (Wildman–Crippen MR) is 117 cm³/mol. The van der Waals surface area contributed by atoms with E-state index in [9.17, 15) is 4.79 Å². The van der Waals surface area contributed by atoms with E-state index in [0.29, 0.717) is 16.8 Å². The molecular formula is C21H18N4O3S2. The summed E-state index contributed by atoms with van der Waals surface area (Å²) in [6.07, 6.45) is 0. The number of carbonyl (C=O) groups excluding carboxylic acids is 1. The number of carbonyl (C=O) groups is 1. The molecule has 0 aliphatic heterocycles. The minimum atomic E-state index is -0.292. The van der Waals surface area contributed by atoms with Crippen LogP contribution in [0, 0.1) is 11.8 Å². The Hall–Kier alpha value is -3.30. The van der Waals surface area contributed by atoms with Crippen LogP contribution < -0.4 is 10.1 Å². The fourth-order valence-corrected chi connectivity index (χ4v) is 3.66. The van der Waals surface area contributed by atoms with Gasteiger partial charge in [0.25, 0.3) is 10.7 Å². The SMILES string of the molecule is Cc1cccc(OCc2nn(CC(=O)Nc3nc(-c4ccccc4)cs3)c(=S)o2)c1. The van der Waals surface area contributed by atoms with Crippen LogP contribution >= 0.6 is 23.6 Å². The summed E-state index contributed by atoms with van der Waals surface area (Å²) in [5, 5.41) is 9.40. The Bertz CT molecular complexity index is 1210. The maximum atomic E-state index is 12.4. The standard InChI is InChI=1S/C21H18N4O3S2/c1-14-6-5-9-16(10-14)27-12-19-24-25(21(29)28-19)11-18(26)23-20-22-17(13-30-20)15-7-3-2-4-8-15/h2-10,13H,11-12H2,1H3,(H,22,23,26). The molecule has 2 aromatic heterocycles. The second-order valence-electron chi connectivity index (χ2n) is 6.48. The van der Waals surface area contributed by atoms with Crippen LogP contribution in [-0.2, 0) is 17.9 Å². The van der Waals surface area contributed by atoms with Gasteiger partial charge >= 0.3 is 0 Å². The molecule has 0 spiro atoms. The first-order chi connectivity index (χ1) is 14.6. The number of ether oxygens (including phenoxy) is 1. The summed E-state index contributed by atoms with van der Waals surface area (Å²) in [6, 6.07) is 17.4. The molecule has 0 aliphatic carbocycles. The van der Waals surface area contributed by atoms with Gasteiger partial charge in [0.1, 0.15) is 12.3 Å². The zero-order valence-electron chi connectivity index (χ0n) is 16.1. The average Bonchev–Trinajstić information content (AvgIpc) is 3.34. The molecule has 0 aliphatic rings. The summed E-state index contributed by atoms with van der Waals surface area (Å²) in [5.41, 5.74) is 2.89. The normalized spacial score (nSPS) is 10.7. The molecule has 0 saturated carbocycles. The van der Waals surface area contributed by atoms with Crippen molar-refractivity contribution in [2.24, 2.45) is 0 Å². The Balaban J connectivity index is 1.36. The smallest absolute Gasteiger partial charge is 0.287 e. The zero-order valence-corrected chi connectivity index (χ0v) is 17.7. The molecular weight excluding hydrogens is 420 g/mol. The molecule has 7 nitrogen and oxygen atoms in total. The fourth-order valence-electron chi connectivity index (χ4n) is 2.73. The van der Waals surface area contributed by atoms with Gasteiger partial charge in [-0.25, -0.2) is 9.67 Å². The van der Waals surface area contributed by atoms with Gasteiger partial charge in [0, 0.05) is 10.9 Å². The highest BCUT2D eigenvalue weighted by Gasteiger charge is 2.13. The van der Waals surface area contributed by atoms with Gasteiger partial charge in [-0.05, 0) is 36.8 Å². The number of nitrogens with zero attached hydrogens (tertiary/aromatic N) is 3. The lowest BCUT2D eigenvalue weighted by atomic mass is 10.2. The van der Waals surface area contributed by atoms with Gasteiger partial charge in [-0.3, -0.25) is 4.79 Å². The molecule has 2 aromatic carbocycles. The molecule has 1 N–H and O–H groups in total. The van der Waals surface area contributed by atoms with Crippen molar-refractivity contribution in [2.45, 2.75) is 20.1 Å². The van der Waals surface area contributed by atoms with Crippen LogP contribution in [0.25, 0.3) is 11.3 Å². The van der Waals surface area contributed by atoms with Crippen LogP contribution in [0.4, 0.5) is 5.13 Å². The number of benzene rings is 2. The van der Waals surface area contributed by atoms with Crippen LogP contribution in [0.5, 0.6) is 5.75 Å². The molecule has 4 rings (SSSR count). The third-order valence-corrected chi connectivity index (χ3v) is 5.17. The first kappa shape index (κ1) is 20.0. The molecule has 4 aromatic rings. The first-order valence-electron chi connectivity index (χ1n) is 9.14. The minimum Gasteiger partial charge on any atom is -0.484 e. The summed E-state index contributed by atoms with van der Waals surface area (Å²) in [7, 11) is 0. The zero-order chi connectivity index (χ0) is 20.9. The van der Waals surface area contributed by atoms with Crippen LogP contribution in [0.15, 0.2) is 64.4 Å². The van der Waals surface area contributed by atoms with Crippen molar-refractivity contribution in [3.8, 4) is 17.0 Å². The van der Waals surface area contributed by atoms with E-state index in [4.69, 9.17) is 21.4 Å². The van der Waals surface area contributed by atoms with Gasteiger partial charge in [-0.2, -0.15) is 0 Å². The molecule has 30 heavy (non-hydrogen) atoms. The summed E-state index contributed by atoms with van der Waals surface area (Å²) in [6.45, 7) is 2.03. The number of aromatic nitrogens is 3. The number of thiazole rings is 1. The maximum absolute atomic E-state index is 12.4. The quantitative estimate of drug-likeness (QED) is 0.415. The van der Waals surface area contributed by atoms with Gasteiger partial charge in [-0.1, -0.05) is 42.5 Å². The van der Waals surface area contributed by atoms with Crippen molar-refractivity contribution < 1.29 is 13.9 Å². The van der Waals surface area contributed by atoms with Crippen LogP contribution in [-0.4, -0.2) is 20.7 Å². The van der Waals surface area contributed by atoms with Crippen molar-refractivity contribution in [1.29, 1.82) is 0 Å². The highest BCUT2D eigenvalue weighted by molar-refractivity contribution is 7.71. The van der Waals surface area contributed by atoms with Crippen molar-refractivity contribution in [1.82, 2.24) is 14.8 Å². The Kier molecular flexibility index (Phi) is 6.01. The second-order valence-corrected chi connectivity index (χ2v) is 7.68. The lowest BCUT2D eigenvalue weighted by molar-refractivity contribution is -0.117. The van der Waals surface area contributed by atoms with E-state index in [-0.39, 0.29) is 23.9 Å². The van der Waals surface area contributed by atoms with Crippen LogP contribution in [0.1, 0.15) is 11.5 Å². The van der Waals surface area contributed by atoms with Crippen molar-refractivity contribution in [3.05, 3.63) is 76.3 Å². The molecule has 1 amide bonds. The molecule has 0 bridgehead atoms. The number of rotatable bonds is 7. The van der Waals surface area contributed by atoms with Crippen molar-refractivity contribution in [2.75, 3.05) is 5.32 Å². The molecule has 0 atom stereocenters. The predicted octanol–water partition coefficient (Wildman–Crippen LogP) is 4.86. The van der Waals surface area contributed by atoms with E-state index in [1.165, 1.54) is 16.0 Å². The Morgan fingerprint density at radius 1 is 1.23 bits per heavy atom. The summed E-state index contributed by atoms with van der Waals surface area (Å²) in [5.74, 6) is 0.718. The summed E-state index contributed by atoms with van der Waals surface area (Å²) >= 11 is 6.52. The number of amides is 1. The van der Waals surface area contributed by atoms with E-state index in [1.54, 1.807) is 0 Å². The summed E-state index contributed by atoms with van der Waals surface area (Å²) < 4.78 is 12.4. The lowest BCUT2D eigenvalue weighted by Gasteiger charge is -2.03. The third-order valence-electron chi connectivity index (χ3n) is 4.11. The first-order valence-corrected chi connectivity index (χ1v) is 10.4. The van der Waals surface area contributed by atoms with E-state index >= 15 is 0 Å². The van der Waals surface area contributed by atoms with Crippen molar-refractivity contribution in [3.63, 3.8) is 0 Å². The molecule has 0 radical (unpaired) electrons. The van der Waals surface area contributed by atoms with Gasteiger partial charge in [0.2, 0.25) is 5.91 Å². The summed E-state index contributed by atoms with van der Waals surface area (Å²) in [4.78, 5) is 16.9. The fraction of sp³-hybridized carbons (Fsp3) is 0.143. The molecule has 9 heteroatoms. The number of nitrogens with one attached hydrogen (secondary N) is 1. The maximum Gasteiger partial charge on any atom is 0.287 e. The van der Waals surface area contributed by atoms with E-state index in [1.807, 2.05) is 66.9 Å². The number of hydrogen-bond donors (Lipinski definition) is 1. The van der Waals surface area contributed by atoms with Gasteiger partial charge in [0.15, 0.2) is 11.7 Å². The average molecular weight is 439 g/mol. The van der Waals surface area contributed by atoms with Crippen LogP contribution in [0.3, 0.4) is 0 Å². The Labute approximate surface area is 182 Å². The van der Waals surface area contributed by atoms with Gasteiger partial charge in [-0.15, -0.1) is 16.4 Å². The van der Waals surface area contributed by atoms with Crippen LogP contribution in [0.2, 0.25) is 0 Å². The van der Waals surface area contributed by atoms with E-state index in [2.05, 4.69) is 15.4 Å². The van der Waals surface area contributed by atoms with Gasteiger partial charge in [0.05, 0.1) is 5.69 Å².